The van der Waals surface area contributed by atoms with Crippen molar-refractivity contribution in [2.75, 3.05) is 43.5 Å². The molecule has 1 fully saturated rings. The van der Waals surface area contributed by atoms with E-state index in [1.807, 2.05) is 72.0 Å². The summed E-state index contributed by atoms with van der Waals surface area (Å²) in [5.41, 5.74) is 13.6. The van der Waals surface area contributed by atoms with E-state index in [0.717, 1.165) is 35.1 Å². The van der Waals surface area contributed by atoms with E-state index < -0.39 is 4.92 Å². The first-order valence-electron chi connectivity index (χ1n) is 18.4. The average Bonchev–Trinajstić information content (AvgIpc) is 3.80. The number of nitrogens with one attached hydrogen (secondary N) is 1. The van der Waals surface area contributed by atoms with Gasteiger partial charge in [0.1, 0.15) is 0 Å². The van der Waals surface area contributed by atoms with E-state index in [-0.39, 0.29) is 30.1 Å². The monoisotopic (exact) mass is 738 g/mol. The summed E-state index contributed by atoms with van der Waals surface area (Å²) >= 11 is 0. The molecule has 6 aromatic rings. The van der Waals surface area contributed by atoms with Crippen LogP contribution in [0.25, 0.3) is 22.2 Å². The Morgan fingerprint density at radius 2 is 1.75 bits per heavy atom. The first-order chi connectivity index (χ1) is 26.7. The number of hydrogen-bond donors (Lipinski definition) is 2. The van der Waals surface area contributed by atoms with Gasteiger partial charge in [-0.25, -0.2) is 0 Å². The van der Waals surface area contributed by atoms with Gasteiger partial charge in [0, 0.05) is 90.7 Å². The number of nitrogen functional groups attached to an aromatic ring is 1. The summed E-state index contributed by atoms with van der Waals surface area (Å²) in [4.78, 5) is 47.3. The molecule has 4 aromatic carbocycles. The van der Waals surface area contributed by atoms with Crippen LogP contribution in [0.2, 0.25) is 0 Å². The van der Waals surface area contributed by atoms with Crippen LogP contribution in [0.15, 0.2) is 97.2 Å². The zero-order valence-corrected chi connectivity index (χ0v) is 30.8. The lowest BCUT2D eigenvalue weighted by atomic mass is 9.92. The molecule has 2 aromatic heterocycles. The van der Waals surface area contributed by atoms with Crippen LogP contribution in [0.5, 0.6) is 0 Å². The van der Waals surface area contributed by atoms with Crippen LogP contribution in [0, 0.1) is 17.0 Å². The van der Waals surface area contributed by atoms with E-state index in [9.17, 15) is 19.7 Å². The predicted octanol–water partition coefficient (Wildman–Crippen LogP) is 6.11. The Hall–Kier alpha value is -6.31. The molecule has 1 atom stereocenters. The number of fused-ring (bicyclic) bond motifs is 2. The van der Waals surface area contributed by atoms with Crippen LogP contribution in [0.4, 0.5) is 17.1 Å². The van der Waals surface area contributed by atoms with E-state index in [2.05, 4.69) is 27.2 Å². The Balaban J connectivity index is 1.20. The number of morpholine rings is 1. The number of carbonyl (C=O) groups is 2. The Morgan fingerprint density at radius 3 is 2.53 bits per heavy atom. The minimum absolute atomic E-state index is 0.123. The zero-order chi connectivity index (χ0) is 38.2. The van der Waals surface area contributed by atoms with E-state index in [4.69, 9.17) is 10.5 Å². The Morgan fingerprint density at radius 1 is 0.982 bits per heavy atom. The van der Waals surface area contributed by atoms with Crippen LogP contribution in [0.1, 0.15) is 43.1 Å². The molecule has 0 spiro atoms. The normalized spacial score (nSPS) is 15.9. The maximum Gasteiger partial charge on any atom is 0.270 e. The highest BCUT2D eigenvalue weighted by molar-refractivity contribution is 6.09. The third-order valence-electron chi connectivity index (χ3n) is 11.0. The third-order valence-corrected chi connectivity index (χ3v) is 11.0. The van der Waals surface area contributed by atoms with E-state index in [0.29, 0.717) is 72.2 Å². The van der Waals surface area contributed by atoms with Crippen LogP contribution in [-0.4, -0.2) is 80.2 Å². The Bertz CT molecular complexity index is 2430. The fraction of sp³-hybridized carbons (Fsp3) is 0.262. The Labute approximate surface area is 318 Å². The number of hydrogen-bond acceptors (Lipinski definition) is 8. The molecule has 1 saturated heterocycles. The molecule has 55 heavy (non-hydrogen) atoms. The molecule has 3 N–H and O–H groups in total. The number of ether oxygens (including phenoxy) is 1. The van der Waals surface area contributed by atoms with Gasteiger partial charge in [-0.15, -0.1) is 0 Å². The van der Waals surface area contributed by atoms with Gasteiger partial charge in [0.15, 0.2) is 0 Å². The highest BCUT2D eigenvalue weighted by atomic mass is 16.6. The summed E-state index contributed by atoms with van der Waals surface area (Å²) in [6.07, 6.45) is 2.40. The maximum absolute atomic E-state index is 14.9. The molecule has 2 aliphatic heterocycles. The van der Waals surface area contributed by atoms with Crippen molar-refractivity contribution in [1.82, 2.24) is 24.6 Å². The number of aromatic amines is 1. The summed E-state index contributed by atoms with van der Waals surface area (Å²) in [6, 6.07) is 27.2. The molecule has 2 amide bonds. The van der Waals surface area contributed by atoms with Crippen molar-refractivity contribution in [2.24, 2.45) is 7.05 Å². The lowest BCUT2D eigenvalue weighted by Crippen LogP contribution is -2.52. The van der Waals surface area contributed by atoms with Gasteiger partial charge < -0.3 is 24.8 Å². The van der Waals surface area contributed by atoms with Gasteiger partial charge in [0.2, 0.25) is 0 Å². The fourth-order valence-corrected chi connectivity index (χ4v) is 7.82. The van der Waals surface area contributed by atoms with Crippen molar-refractivity contribution in [2.45, 2.75) is 32.5 Å². The average molecular weight is 739 g/mol. The topological polar surface area (TPSA) is 156 Å². The highest BCUT2D eigenvalue weighted by Crippen LogP contribution is 2.35. The summed E-state index contributed by atoms with van der Waals surface area (Å²) < 4.78 is 7.42. The largest absolute Gasteiger partial charge is 0.398 e. The molecule has 0 unspecified atom stereocenters. The minimum Gasteiger partial charge on any atom is -0.398 e. The number of nitrogens with two attached hydrogens (primary N) is 1. The number of amides is 2. The van der Waals surface area contributed by atoms with Gasteiger partial charge in [-0.2, -0.15) is 5.10 Å². The van der Waals surface area contributed by atoms with Crippen molar-refractivity contribution in [1.29, 1.82) is 0 Å². The van der Waals surface area contributed by atoms with Gasteiger partial charge in [-0.1, -0.05) is 42.5 Å². The zero-order valence-electron chi connectivity index (χ0n) is 30.8. The molecule has 4 heterocycles. The number of nitro benzene ring substituents is 1. The van der Waals surface area contributed by atoms with E-state index >= 15 is 0 Å². The number of non-ortho nitro benzene ring substituents is 1. The van der Waals surface area contributed by atoms with Gasteiger partial charge in [0.25, 0.3) is 17.5 Å². The fourth-order valence-electron chi connectivity index (χ4n) is 7.82. The number of nitrogens with zero attached hydrogens (tertiary/aromatic N) is 6. The molecule has 0 saturated carbocycles. The SMILES string of the molecule is Cc1c(C(=O)N(Cc2ccccc2N)c2ccc3[nH]ncc3c2)cc(-c2cc([N+](=O)[O-])ccc2C(=O)N2Cc3ccccc3C[C@H]2CN2CCOCC2)n1C. The quantitative estimate of drug-likeness (QED) is 0.102. The van der Waals surface area contributed by atoms with Crippen LogP contribution < -0.4 is 10.6 Å². The first-order valence-corrected chi connectivity index (χ1v) is 18.4. The molecular weight excluding hydrogens is 697 g/mol. The van der Waals surface area contributed by atoms with Crippen molar-refractivity contribution >= 4 is 39.8 Å². The molecule has 0 radical (unpaired) electrons. The van der Waals surface area contributed by atoms with Gasteiger partial charge in [-0.05, 0) is 66.4 Å². The van der Waals surface area contributed by atoms with Crippen molar-refractivity contribution in [3.8, 4) is 11.3 Å². The summed E-state index contributed by atoms with van der Waals surface area (Å²) in [6.45, 7) is 5.98. The van der Waals surface area contributed by atoms with E-state index in [1.54, 1.807) is 29.3 Å². The number of para-hydroxylation sites is 1. The van der Waals surface area contributed by atoms with Crippen molar-refractivity contribution in [3.63, 3.8) is 0 Å². The molecule has 13 heteroatoms. The second-order valence-electron chi connectivity index (χ2n) is 14.3. The predicted molar refractivity (Wildman–Crippen MR) is 211 cm³/mol. The van der Waals surface area contributed by atoms with E-state index in [1.165, 1.54) is 17.7 Å². The number of H-pyrrole nitrogens is 1. The molecule has 13 nitrogen and oxygen atoms in total. The standard InChI is InChI=1S/C42H42N8O5/c1-27-36(42(52)48(25-30-9-5-6-10-38(30)43)32-12-14-39-31(20-32)23-44-45-39)22-40(46(27)2)37-21-33(50(53)54)11-13-35(37)41(51)49-24-29-8-4-3-7-28(29)19-34(49)26-47-15-17-55-18-16-47/h3-14,20-23,34H,15-19,24-26,43H2,1-2H3,(H,44,45)/t34-/m0/s1. The van der Waals surface area contributed by atoms with Crippen LogP contribution in [0.3, 0.4) is 0 Å². The molecule has 8 rings (SSSR count). The second kappa shape index (κ2) is 14.8. The molecule has 280 valence electrons. The van der Waals surface area contributed by atoms with Crippen LogP contribution >= 0.6 is 0 Å². The smallest absolute Gasteiger partial charge is 0.270 e. The van der Waals surface area contributed by atoms with Crippen molar-refractivity contribution in [3.05, 3.63) is 141 Å². The maximum atomic E-state index is 14.9. The third kappa shape index (κ3) is 6.95. The molecule has 0 aliphatic carbocycles. The summed E-state index contributed by atoms with van der Waals surface area (Å²) in [5.74, 6) is -0.513. The van der Waals surface area contributed by atoms with Crippen LogP contribution in [-0.2, 0) is 31.3 Å². The number of carbonyl (C=O) groups excluding carboxylic acids is 2. The Kier molecular flexibility index (Phi) is 9.64. The molecular formula is C42H42N8O5. The van der Waals surface area contributed by atoms with Gasteiger partial charge in [0.05, 0.1) is 42.0 Å². The summed E-state index contributed by atoms with van der Waals surface area (Å²) in [7, 11) is 1.81. The lowest BCUT2D eigenvalue weighted by Gasteiger charge is -2.40. The number of anilines is 2. The second-order valence-corrected chi connectivity index (χ2v) is 14.3. The molecule has 2 aliphatic rings. The lowest BCUT2D eigenvalue weighted by molar-refractivity contribution is -0.384. The van der Waals surface area contributed by atoms with Gasteiger partial charge in [-0.3, -0.25) is 29.7 Å². The highest BCUT2D eigenvalue weighted by Gasteiger charge is 2.34. The first kappa shape index (κ1) is 35.7. The van der Waals surface area contributed by atoms with Crippen molar-refractivity contribution < 1.29 is 19.2 Å². The number of nitro groups is 1. The number of rotatable bonds is 9. The minimum atomic E-state index is -0.462. The van der Waals surface area contributed by atoms with Gasteiger partial charge >= 0.3 is 0 Å². The number of benzene rings is 4. The summed E-state index contributed by atoms with van der Waals surface area (Å²) in [5, 5.41) is 20.1. The number of aromatic nitrogens is 3. The molecule has 0 bridgehead atoms.